The Labute approximate surface area is 75.5 Å². The predicted octanol–water partition coefficient (Wildman–Crippen LogP) is 0.803. The van der Waals surface area contributed by atoms with E-state index in [0.29, 0.717) is 6.07 Å². The van der Waals surface area contributed by atoms with Crippen LogP contribution in [0.4, 0.5) is 20.2 Å². The summed E-state index contributed by atoms with van der Waals surface area (Å²) in [4.78, 5) is 21.6. The number of H-pyrrole nitrogens is 1. The first-order valence-electron chi connectivity index (χ1n) is 3.38. The van der Waals surface area contributed by atoms with Crippen molar-refractivity contribution in [3.63, 3.8) is 0 Å². The molecule has 1 aromatic rings. The Kier molecular flexibility index (Phi) is 2.45. The van der Waals surface area contributed by atoms with Crippen LogP contribution in [0, 0.1) is 10.1 Å². The van der Waals surface area contributed by atoms with Crippen molar-refractivity contribution in [3.05, 3.63) is 32.2 Å². The molecule has 0 aliphatic heterocycles. The average Bonchev–Trinajstić information content (AvgIpc) is 2.01. The van der Waals surface area contributed by atoms with Crippen molar-refractivity contribution in [1.29, 1.82) is 0 Å². The van der Waals surface area contributed by atoms with Crippen molar-refractivity contribution in [3.8, 4) is 0 Å². The minimum atomic E-state index is -3.15. The van der Waals surface area contributed by atoms with Gasteiger partial charge < -0.3 is 10.7 Å². The molecule has 8 heteroatoms. The molecule has 0 amide bonds. The van der Waals surface area contributed by atoms with E-state index in [1.165, 1.54) is 0 Å². The van der Waals surface area contributed by atoms with E-state index in [1.807, 2.05) is 0 Å². The van der Waals surface area contributed by atoms with E-state index < -0.39 is 34.0 Å². The van der Waals surface area contributed by atoms with Gasteiger partial charge >= 0.3 is 5.69 Å². The Morgan fingerprint density at radius 2 is 2.14 bits per heavy atom. The summed E-state index contributed by atoms with van der Waals surface area (Å²) >= 11 is 0. The summed E-state index contributed by atoms with van der Waals surface area (Å²) in [5.74, 6) is 0. The van der Waals surface area contributed by atoms with Crippen molar-refractivity contribution in [2.75, 3.05) is 5.73 Å². The summed E-state index contributed by atoms with van der Waals surface area (Å²) < 4.78 is 24.4. The monoisotopic (exact) mass is 205 g/mol. The van der Waals surface area contributed by atoms with Crippen LogP contribution in [0.1, 0.15) is 12.1 Å². The van der Waals surface area contributed by atoms with Crippen molar-refractivity contribution < 1.29 is 13.7 Å². The molecule has 0 saturated carbocycles. The molecular weight excluding hydrogens is 200 g/mol. The lowest BCUT2D eigenvalue weighted by Gasteiger charge is -2.02. The minimum Gasteiger partial charge on any atom is -0.393 e. The molecule has 3 N–H and O–H groups in total. The van der Waals surface area contributed by atoms with Gasteiger partial charge in [-0.25, -0.2) is 8.78 Å². The van der Waals surface area contributed by atoms with E-state index in [4.69, 9.17) is 5.73 Å². The topological polar surface area (TPSA) is 102 Å². The first-order chi connectivity index (χ1) is 6.43. The lowest BCUT2D eigenvalue weighted by atomic mass is 10.2. The summed E-state index contributed by atoms with van der Waals surface area (Å²) in [5, 5.41) is 10.3. The van der Waals surface area contributed by atoms with Gasteiger partial charge in [-0.1, -0.05) is 0 Å². The summed E-state index contributed by atoms with van der Waals surface area (Å²) in [6.07, 6.45) is -3.15. The fourth-order valence-electron chi connectivity index (χ4n) is 0.955. The lowest BCUT2D eigenvalue weighted by Crippen LogP contribution is -2.13. The summed E-state index contributed by atoms with van der Waals surface area (Å²) in [6.45, 7) is 0. The maximum Gasteiger partial charge on any atom is 0.317 e. The fourth-order valence-corrected chi connectivity index (χ4v) is 0.955. The highest BCUT2D eigenvalue weighted by Crippen LogP contribution is 2.29. The second kappa shape index (κ2) is 3.40. The number of nitro groups is 1. The Balaban J connectivity index is 3.52. The van der Waals surface area contributed by atoms with Gasteiger partial charge in [0.25, 0.3) is 12.0 Å². The molecule has 0 atom stereocenters. The predicted molar refractivity (Wildman–Crippen MR) is 43.1 cm³/mol. The first-order valence-corrected chi connectivity index (χ1v) is 3.38. The second-order valence-electron chi connectivity index (χ2n) is 2.41. The van der Waals surface area contributed by atoms with Crippen molar-refractivity contribution in [2.24, 2.45) is 0 Å². The highest BCUT2D eigenvalue weighted by molar-refractivity contribution is 5.60. The first kappa shape index (κ1) is 10.1. The Hall–Kier alpha value is -1.99. The number of aromatic amines is 1. The average molecular weight is 205 g/mol. The summed E-state index contributed by atoms with van der Waals surface area (Å²) in [7, 11) is 0. The molecular formula is C6H5F2N3O3. The van der Waals surface area contributed by atoms with Gasteiger partial charge in [-0.2, -0.15) is 0 Å². The molecule has 6 nitrogen and oxygen atoms in total. The number of alkyl halides is 2. The number of nitrogen functional groups attached to an aromatic ring is 1. The van der Waals surface area contributed by atoms with Crippen LogP contribution in [0.15, 0.2) is 10.9 Å². The van der Waals surface area contributed by atoms with Crippen LogP contribution in [-0.4, -0.2) is 9.91 Å². The zero-order valence-electron chi connectivity index (χ0n) is 6.66. The highest BCUT2D eigenvalue weighted by Gasteiger charge is 2.26. The van der Waals surface area contributed by atoms with Crippen LogP contribution in [0.2, 0.25) is 0 Å². The van der Waals surface area contributed by atoms with E-state index in [9.17, 15) is 23.7 Å². The number of nitrogens with one attached hydrogen (secondary N) is 1. The molecule has 0 radical (unpaired) electrons. The molecule has 76 valence electrons. The fraction of sp³-hybridized carbons (Fsp3) is 0.167. The molecule has 0 aromatic carbocycles. The largest absolute Gasteiger partial charge is 0.393 e. The van der Waals surface area contributed by atoms with Gasteiger partial charge in [0.2, 0.25) is 0 Å². The second-order valence-corrected chi connectivity index (χ2v) is 2.41. The van der Waals surface area contributed by atoms with Gasteiger partial charge in [0.1, 0.15) is 5.69 Å². The normalized spacial score (nSPS) is 10.5. The van der Waals surface area contributed by atoms with E-state index in [2.05, 4.69) is 0 Å². The van der Waals surface area contributed by atoms with Gasteiger partial charge in [0.15, 0.2) is 5.69 Å². The summed E-state index contributed by atoms with van der Waals surface area (Å²) in [5.41, 5.74) is 1.56. The van der Waals surface area contributed by atoms with Crippen LogP contribution >= 0.6 is 0 Å². The molecule has 0 aliphatic rings. The van der Waals surface area contributed by atoms with Crippen LogP contribution < -0.4 is 11.3 Å². The quantitative estimate of drug-likeness (QED) is 0.550. The van der Waals surface area contributed by atoms with Crippen LogP contribution in [0.25, 0.3) is 0 Å². The van der Waals surface area contributed by atoms with Crippen LogP contribution in [0.5, 0.6) is 0 Å². The van der Waals surface area contributed by atoms with E-state index in [0.717, 1.165) is 0 Å². The van der Waals surface area contributed by atoms with Gasteiger partial charge in [0.05, 0.1) is 4.92 Å². The third-order valence-electron chi connectivity index (χ3n) is 1.47. The highest BCUT2D eigenvalue weighted by atomic mass is 19.3. The maximum atomic E-state index is 12.2. The third kappa shape index (κ3) is 1.68. The lowest BCUT2D eigenvalue weighted by molar-refractivity contribution is -0.385. The molecule has 1 aromatic heterocycles. The molecule has 0 spiro atoms. The number of halogens is 2. The molecule has 1 heterocycles. The van der Waals surface area contributed by atoms with Gasteiger partial charge in [-0.15, -0.1) is 0 Å². The number of pyridine rings is 1. The van der Waals surface area contributed by atoms with Crippen molar-refractivity contribution in [2.45, 2.75) is 6.43 Å². The zero-order chi connectivity index (χ0) is 10.9. The molecule has 0 unspecified atom stereocenters. The number of hydrogen-bond acceptors (Lipinski definition) is 4. The van der Waals surface area contributed by atoms with Gasteiger partial charge in [-0.05, 0) is 0 Å². The molecule has 1 rings (SSSR count). The standard InChI is InChI=1S/C6H5F2N3O3/c7-6(8)4-5(11(13)14)2(9)1-3(12)10-4/h1,6H,(H3,9,10,12). The zero-order valence-corrected chi connectivity index (χ0v) is 6.66. The van der Waals surface area contributed by atoms with Gasteiger partial charge in [0, 0.05) is 6.07 Å². The Morgan fingerprint density at radius 1 is 1.57 bits per heavy atom. The Bertz CT molecular complexity index is 429. The smallest absolute Gasteiger partial charge is 0.317 e. The van der Waals surface area contributed by atoms with Crippen molar-refractivity contribution in [1.82, 2.24) is 4.98 Å². The number of hydrogen-bond donors (Lipinski definition) is 2. The van der Waals surface area contributed by atoms with E-state index >= 15 is 0 Å². The molecule has 0 aliphatic carbocycles. The maximum absolute atomic E-state index is 12.2. The molecule has 0 fully saturated rings. The molecule has 0 bridgehead atoms. The van der Waals surface area contributed by atoms with Crippen molar-refractivity contribution >= 4 is 11.4 Å². The van der Waals surface area contributed by atoms with E-state index in [1.54, 1.807) is 4.98 Å². The number of rotatable bonds is 2. The molecule has 14 heavy (non-hydrogen) atoms. The number of nitrogens with two attached hydrogens (primary N) is 1. The third-order valence-corrected chi connectivity index (χ3v) is 1.47. The van der Waals surface area contributed by atoms with Crippen LogP contribution in [-0.2, 0) is 0 Å². The number of anilines is 1. The number of aromatic nitrogens is 1. The molecule has 0 saturated heterocycles. The van der Waals surface area contributed by atoms with E-state index in [-0.39, 0.29) is 0 Å². The van der Waals surface area contributed by atoms with Gasteiger partial charge in [-0.3, -0.25) is 14.9 Å². The Morgan fingerprint density at radius 3 is 2.57 bits per heavy atom. The number of nitrogens with zero attached hydrogens (tertiary/aromatic N) is 1. The van der Waals surface area contributed by atoms with Crippen LogP contribution in [0.3, 0.4) is 0 Å². The SMILES string of the molecule is Nc1cc(=O)[nH]c(C(F)F)c1[N+](=O)[O-]. The summed E-state index contributed by atoms with van der Waals surface area (Å²) in [6, 6.07) is 0.685. The minimum absolute atomic E-state index is 0.575.